The summed E-state index contributed by atoms with van der Waals surface area (Å²) >= 11 is 0. The Morgan fingerprint density at radius 2 is 1.56 bits per heavy atom. The zero-order chi connectivity index (χ0) is 40.9. The maximum absolute atomic E-state index is 14.0. The van der Waals surface area contributed by atoms with Crippen molar-refractivity contribution in [2.45, 2.75) is 123 Å². The quantitative estimate of drug-likeness (QED) is 0.0410. The standard InChI is InChI=1S/C41H65N7O3.CH4N2/c1-38(2,3)28-22-30(39(4,5)6)33-29(34(40(7,8)9)48-32(33)23-28)24-31(42)35(49)47-26-41(18-14-20-45-10,19-15-21-46-37(43)44)36(50)51-25-27-16-12-11-13-17-27;2-1-3/h11-13,16-17,22-23,31,45,48H,14-15,18-21,24-26,42H2,1-10H3,(H,47,49)(H4,43,44,46);1H,(H3,2,3)/t31-,41?;/m0./s1. The van der Waals surface area contributed by atoms with Gasteiger partial charge < -0.3 is 43.3 Å². The van der Waals surface area contributed by atoms with Crippen LogP contribution in [0, 0.1) is 10.8 Å². The summed E-state index contributed by atoms with van der Waals surface area (Å²) in [6, 6.07) is 13.3. The first-order valence-electron chi connectivity index (χ1n) is 19.0. The van der Waals surface area contributed by atoms with Crippen LogP contribution in [0.5, 0.6) is 0 Å². The van der Waals surface area contributed by atoms with E-state index in [1.54, 1.807) is 0 Å². The third kappa shape index (κ3) is 13.2. The Morgan fingerprint density at radius 3 is 2.09 bits per heavy atom. The molecule has 12 nitrogen and oxygen atoms in total. The summed E-state index contributed by atoms with van der Waals surface area (Å²) in [7, 11) is 1.88. The third-order valence-electron chi connectivity index (χ3n) is 9.62. The first kappa shape index (κ1) is 45.7. The monoisotopic (exact) mass is 748 g/mol. The summed E-state index contributed by atoms with van der Waals surface area (Å²) in [6.45, 7) is 21.2. The zero-order valence-electron chi connectivity index (χ0n) is 34.5. The first-order valence-corrected chi connectivity index (χ1v) is 19.0. The van der Waals surface area contributed by atoms with Crippen molar-refractivity contribution in [1.29, 1.82) is 5.41 Å². The second-order valence-electron chi connectivity index (χ2n) is 17.3. The Hall–Kier alpha value is -4.42. The lowest BCUT2D eigenvalue weighted by Gasteiger charge is -2.32. The molecule has 0 aliphatic carbocycles. The van der Waals surface area contributed by atoms with Gasteiger partial charge in [0.1, 0.15) is 6.61 Å². The van der Waals surface area contributed by atoms with Crippen molar-refractivity contribution in [1.82, 2.24) is 15.6 Å². The van der Waals surface area contributed by atoms with Crippen LogP contribution in [0.2, 0.25) is 0 Å². The Morgan fingerprint density at radius 1 is 0.944 bits per heavy atom. The van der Waals surface area contributed by atoms with Crippen molar-refractivity contribution in [2.24, 2.45) is 33.3 Å². The lowest BCUT2D eigenvalue weighted by atomic mass is 9.77. The van der Waals surface area contributed by atoms with E-state index < -0.39 is 11.5 Å². The van der Waals surface area contributed by atoms with Crippen LogP contribution in [0.25, 0.3) is 10.9 Å². The molecule has 0 aliphatic rings. The Balaban J connectivity index is 0.00000325. The molecule has 1 heterocycles. The van der Waals surface area contributed by atoms with Gasteiger partial charge in [0.05, 0.1) is 17.8 Å². The molecule has 3 aromatic rings. The molecule has 0 radical (unpaired) electrons. The summed E-state index contributed by atoms with van der Waals surface area (Å²) in [4.78, 5) is 35.9. The van der Waals surface area contributed by atoms with Gasteiger partial charge in [0, 0.05) is 35.1 Å². The molecule has 0 spiro atoms. The molecule has 0 saturated carbocycles. The van der Waals surface area contributed by atoms with Gasteiger partial charge in [-0.25, -0.2) is 0 Å². The lowest BCUT2D eigenvalue weighted by Crippen LogP contribution is -2.49. The van der Waals surface area contributed by atoms with E-state index in [0.29, 0.717) is 45.2 Å². The van der Waals surface area contributed by atoms with Gasteiger partial charge in [-0.3, -0.25) is 20.0 Å². The second-order valence-corrected chi connectivity index (χ2v) is 17.3. The highest BCUT2D eigenvalue weighted by molar-refractivity contribution is 5.92. The molecule has 0 saturated heterocycles. The topological polar surface area (TPSA) is 224 Å². The van der Waals surface area contributed by atoms with E-state index in [2.05, 4.69) is 101 Å². The lowest BCUT2D eigenvalue weighted by molar-refractivity contribution is -0.158. The molecule has 3 rings (SSSR count). The van der Waals surface area contributed by atoms with E-state index in [-0.39, 0.29) is 47.2 Å². The molecule has 54 heavy (non-hydrogen) atoms. The molecule has 0 aliphatic heterocycles. The number of hydrogen-bond acceptors (Lipinski definition) is 7. The molecule has 1 amide bonds. The zero-order valence-corrected chi connectivity index (χ0v) is 34.5. The highest BCUT2D eigenvalue weighted by atomic mass is 16.5. The number of esters is 1. The number of rotatable bonds is 16. The van der Waals surface area contributed by atoms with Crippen LogP contribution < -0.4 is 33.6 Å². The molecular weight excluding hydrogens is 679 g/mol. The number of H-pyrrole nitrogens is 1. The van der Waals surface area contributed by atoms with Crippen LogP contribution in [0.1, 0.15) is 116 Å². The molecule has 12 heteroatoms. The van der Waals surface area contributed by atoms with Crippen molar-refractivity contribution in [3.05, 3.63) is 70.4 Å². The maximum Gasteiger partial charge on any atom is 0.314 e. The fourth-order valence-corrected chi connectivity index (χ4v) is 6.65. The summed E-state index contributed by atoms with van der Waals surface area (Å²) in [6.07, 6.45) is 3.26. The predicted octanol–water partition coefficient (Wildman–Crippen LogP) is 5.38. The summed E-state index contributed by atoms with van der Waals surface area (Å²) in [5.74, 6) is -0.680. The Kier molecular flexibility index (Phi) is 16.7. The molecule has 0 bridgehead atoms. The first-order chi connectivity index (χ1) is 25.1. The van der Waals surface area contributed by atoms with Crippen LogP contribution in [0.3, 0.4) is 0 Å². The fraction of sp³-hybridized carbons (Fsp3) is 0.571. The average molecular weight is 748 g/mol. The van der Waals surface area contributed by atoms with Crippen LogP contribution in [0.15, 0.2) is 47.5 Å². The normalized spacial score (nSPS) is 13.6. The number of aliphatic imine (C=N–C) groups is 1. The SMILES string of the molecule is CNCCCC(CCCN=C(N)N)(CNC(=O)[C@@H](N)Cc1c(C(C)(C)C)[nH]c2cc(C(C)(C)C)cc(C(C)(C)C)c12)C(=O)OCc1ccccc1.N=CN. The molecule has 1 aromatic heterocycles. The minimum absolute atomic E-state index is 0.00197. The number of aromatic amines is 1. The smallest absolute Gasteiger partial charge is 0.314 e. The highest BCUT2D eigenvalue weighted by Gasteiger charge is 2.40. The number of nitrogens with two attached hydrogens (primary N) is 4. The van der Waals surface area contributed by atoms with E-state index in [4.69, 9.17) is 27.3 Å². The number of nitrogens with one attached hydrogen (secondary N) is 4. The van der Waals surface area contributed by atoms with Crippen LogP contribution >= 0.6 is 0 Å². The molecule has 12 N–H and O–H groups in total. The summed E-state index contributed by atoms with van der Waals surface area (Å²) < 4.78 is 5.93. The molecule has 1 unspecified atom stereocenters. The van der Waals surface area contributed by atoms with Gasteiger partial charge in [0.15, 0.2) is 5.96 Å². The molecule has 300 valence electrons. The number of benzene rings is 2. The van der Waals surface area contributed by atoms with Crippen LogP contribution in [0.4, 0.5) is 0 Å². The maximum atomic E-state index is 14.0. The summed E-state index contributed by atoms with van der Waals surface area (Å²) in [5, 5.41) is 13.3. The van der Waals surface area contributed by atoms with Gasteiger partial charge in [-0.15, -0.1) is 0 Å². The van der Waals surface area contributed by atoms with Crippen molar-refractivity contribution in [3.8, 4) is 0 Å². The van der Waals surface area contributed by atoms with Crippen LogP contribution in [-0.4, -0.2) is 61.9 Å². The van der Waals surface area contributed by atoms with Crippen molar-refractivity contribution >= 4 is 35.1 Å². The average Bonchev–Trinajstić information content (AvgIpc) is 3.46. The van der Waals surface area contributed by atoms with Gasteiger partial charge in [-0.2, -0.15) is 0 Å². The Labute approximate surface area is 323 Å². The number of guanidine groups is 1. The largest absolute Gasteiger partial charge is 0.460 e. The number of amides is 1. The number of hydrogen-bond donors (Lipinski definition) is 8. The van der Waals surface area contributed by atoms with Gasteiger partial charge in [0.2, 0.25) is 5.91 Å². The molecule has 0 fully saturated rings. The third-order valence-corrected chi connectivity index (χ3v) is 9.62. The highest BCUT2D eigenvalue weighted by Crippen LogP contribution is 2.41. The van der Waals surface area contributed by atoms with E-state index in [1.165, 1.54) is 11.1 Å². The van der Waals surface area contributed by atoms with Crippen molar-refractivity contribution in [3.63, 3.8) is 0 Å². The summed E-state index contributed by atoms with van der Waals surface area (Å²) in [5.41, 5.74) is 27.5. The number of fused-ring (bicyclic) bond motifs is 1. The molecule has 2 aromatic carbocycles. The van der Waals surface area contributed by atoms with E-state index in [0.717, 1.165) is 34.1 Å². The molecular formula is C42H69N9O3. The number of carbonyl (C=O) groups is 2. The Bertz CT molecular complexity index is 1690. The van der Waals surface area contributed by atoms with Gasteiger partial charge in [-0.05, 0) is 84.8 Å². The van der Waals surface area contributed by atoms with E-state index >= 15 is 0 Å². The van der Waals surface area contributed by atoms with E-state index in [1.807, 2.05) is 37.4 Å². The van der Waals surface area contributed by atoms with Gasteiger partial charge >= 0.3 is 5.97 Å². The van der Waals surface area contributed by atoms with Crippen molar-refractivity contribution < 1.29 is 14.3 Å². The number of ether oxygens (including phenoxy) is 1. The minimum atomic E-state index is -1.000. The number of aromatic nitrogens is 1. The van der Waals surface area contributed by atoms with Crippen molar-refractivity contribution in [2.75, 3.05) is 26.7 Å². The van der Waals surface area contributed by atoms with Gasteiger partial charge in [-0.1, -0.05) is 98.7 Å². The number of nitrogens with zero attached hydrogens (tertiary/aromatic N) is 1. The second kappa shape index (κ2) is 19.8. The predicted molar refractivity (Wildman–Crippen MR) is 224 cm³/mol. The number of carbonyl (C=O) groups excluding carboxylic acids is 2. The van der Waals surface area contributed by atoms with E-state index in [9.17, 15) is 9.59 Å². The minimum Gasteiger partial charge on any atom is -0.460 e. The van der Waals surface area contributed by atoms with Gasteiger partial charge in [0.25, 0.3) is 0 Å². The fourth-order valence-electron chi connectivity index (χ4n) is 6.65. The molecule has 2 atom stereocenters. The van der Waals surface area contributed by atoms with Crippen LogP contribution in [-0.2, 0) is 43.6 Å².